The predicted molar refractivity (Wildman–Crippen MR) is 60.7 cm³/mol. The lowest BCUT2D eigenvalue weighted by atomic mass is 9.87. The lowest BCUT2D eigenvalue weighted by Crippen LogP contribution is -2.28. The van der Waals surface area contributed by atoms with E-state index in [1.807, 2.05) is 0 Å². The molecular weight excluding hydrogens is 170 g/mol. The molecule has 1 N–H and O–H groups in total. The van der Waals surface area contributed by atoms with Crippen LogP contribution in [-0.2, 0) is 6.42 Å². The minimum atomic E-state index is 0.525. The normalized spacial score (nSPS) is 21.0. The van der Waals surface area contributed by atoms with E-state index in [4.69, 9.17) is 0 Å². The molecule has 0 aliphatic carbocycles. The Morgan fingerprint density at radius 2 is 2.14 bits per heavy atom. The Morgan fingerprint density at radius 1 is 1.36 bits per heavy atom. The maximum atomic E-state index is 3.50. The van der Waals surface area contributed by atoms with E-state index in [-0.39, 0.29) is 0 Å². The third-order valence-corrected chi connectivity index (χ3v) is 3.16. The number of benzene rings is 1. The Hall–Kier alpha value is -0.820. The molecule has 0 saturated carbocycles. The Kier molecular flexibility index (Phi) is 2.60. The molecule has 1 atom stereocenters. The summed E-state index contributed by atoms with van der Waals surface area (Å²) in [6.07, 6.45) is 1.19. The van der Waals surface area contributed by atoms with Crippen LogP contribution in [0, 0.1) is 0 Å². The number of hydrogen-bond acceptors (Lipinski definition) is 1. The molecule has 0 spiro atoms. The van der Waals surface area contributed by atoms with Crippen molar-refractivity contribution < 1.29 is 0 Å². The Balaban J connectivity index is 2.49. The number of nitrogens with one attached hydrogen (secondary N) is 1. The third kappa shape index (κ3) is 1.57. The van der Waals surface area contributed by atoms with Crippen molar-refractivity contribution in [3.8, 4) is 0 Å². The molecule has 1 aromatic carbocycles. The maximum Gasteiger partial charge on any atom is 0.0294 e. The van der Waals surface area contributed by atoms with Crippen LogP contribution in [0.15, 0.2) is 18.2 Å². The van der Waals surface area contributed by atoms with Gasteiger partial charge in [-0.15, -0.1) is 0 Å². The molecule has 0 bridgehead atoms. The summed E-state index contributed by atoms with van der Waals surface area (Å²) in [5.41, 5.74) is 4.63. The SMILES string of the molecule is CC(C)c1cccc2c1CCN[C@H]2C. The van der Waals surface area contributed by atoms with Crippen LogP contribution in [0.1, 0.15) is 49.4 Å². The molecule has 0 unspecified atom stereocenters. The summed E-state index contributed by atoms with van der Waals surface area (Å²) in [5.74, 6) is 0.648. The van der Waals surface area contributed by atoms with Crippen molar-refractivity contribution in [1.82, 2.24) is 5.32 Å². The van der Waals surface area contributed by atoms with Gasteiger partial charge < -0.3 is 5.32 Å². The highest BCUT2D eigenvalue weighted by Gasteiger charge is 2.18. The van der Waals surface area contributed by atoms with Gasteiger partial charge in [-0.3, -0.25) is 0 Å². The molecular formula is C13H19N. The van der Waals surface area contributed by atoms with E-state index < -0.39 is 0 Å². The molecule has 1 aliphatic rings. The van der Waals surface area contributed by atoms with Crippen molar-refractivity contribution in [3.63, 3.8) is 0 Å². The molecule has 0 radical (unpaired) electrons. The van der Waals surface area contributed by atoms with E-state index in [1.165, 1.54) is 17.5 Å². The molecule has 1 nitrogen and oxygen atoms in total. The zero-order valence-electron chi connectivity index (χ0n) is 9.30. The van der Waals surface area contributed by atoms with Crippen LogP contribution in [0.3, 0.4) is 0 Å². The fourth-order valence-electron chi connectivity index (χ4n) is 2.38. The second-order valence-corrected chi connectivity index (χ2v) is 4.50. The van der Waals surface area contributed by atoms with Gasteiger partial charge in [0.25, 0.3) is 0 Å². The summed E-state index contributed by atoms with van der Waals surface area (Å²) in [4.78, 5) is 0. The van der Waals surface area contributed by atoms with Gasteiger partial charge in [0.2, 0.25) is 0 Å². The van der Waals surface area contributed by atoms with Gasteiger partial charge in [0.1, 0.15) is 0 Å². The standard InChI is InChI=1S/C13H19N/c1-9(2)11-5-4-6-12-10(3)14-8-7-13(11)12/h4-6,9-10,14H,7-8H2,1-3H3/t10-/m0/s1. The van der Waals surface area contributed by atoms with E-state index in [9.17, 15) is 0 Å². The third-order valence-electron chi connectivity index (χ3n) is 3.16. The minimum absolute atomic E-state index is 0.525. The molecule has 76 valence electrons. The monoisotopic (exact) mass is 189 g/mol. The Morgan fingerprint density at radius 3 is 2.86 bits per heavy atom. The average molecular weight is 189 g/mol. The van der Waals surface area contributed by atoms with Gasteiger partial charge in [-0.1, -0.05) is 32.0 Å². The zero-order valence-corrected chi connectivity index (χ0v) is 9.30. The topological polar surface area (TPSA) is 12.0 Å². The van der Waals surface area contributed by atoms with Gasteiger partial charge in [0.05, 0.1) is 0 Å². The molecule has 1 aromatic rings. The molecule has 0 aromatic heterocycles. The van der Waals surface area contributed by atoms with Crippen LogP contribution >= 0.6 is 0 Å². The molecule has 0 fully saturated rings. The second kappa shape index (κ2) is 3.74. The summed E-state index contributed by atoms with van der Waals surface area (Å²) in [6, 6.07) is 7.26. The van der Waals surface area contributed by atoms with Gasteiger partial charge in [-0.2, -0.15) is 0 Å². The van der Waals surface area contributed by atoms with E-state index in [0.29, 0.717) is 12.0 Å². The van der Waals surface area contributed by atoms with Gasteiger partial charge in [0.15, 0.2) is 0 Å². The summed E-state index contributed by atoms with van der Waals surface area (Å²) >= 11 is 0. The highest BCUT2D eigenvalue weighted by atomic mass is 14.9. The molecule has 2 rings (SSSR count). The number of rotatable bonds is 1. The van der Waals surface area contributed by atoms with Crippen LogP contribution in [0.4, 0.5) is 0 Å². The summed E-state index contributed by atoms with van der Waals surface area (Å²) in [7, 11) is 0. The van der Waals surface area contributed by atoms with E-state index in [2.05, 4.69) is 44.3 Å². The van der Waals surface area contributed by atoms with Crippen LogP contribution in [0.25, 0.3) is 0 Å². The molecule has 1 aliphatic heterocycles. The molecule has 0 amide bonds. The van der Waals surface area contributed by atoms with E-state index in [0.717, 1.165) is 6.54 Å². The largest absolute Gasteiger partial charge is 0.310 e. The number of fused-ring (bicyclic) bond motifs is 1. The molecule has 1 heteroatoms. The highest BCUT2D eigenvalue weighted by Crippen LogP contribution is 2.29. The summed E-state index contributed by atoms with van der Waals surface area (Å²) < 4.78 is 0. The smallest absolute Gasteiger partial charge is 0.0294 e. The fraction of sp³-hybridized carbons (Fsp3) is 0.538. The van der Waals surface area contributed by atoms with Crippen molar-refractivity contribution >= 4 is 0 Å². The van der Waals surface area contributed by atoms with Crippen LogP contribution in [-0.4, -0.2) is 6.54 Å². The van der Waals surface area contributed by atoms with Gasteiger partial charge in [0, 0.05) is 6.04 Å². The molecule has 0 saturated heterocycles. The lowest BCUT2D eigenvalue weighted by Gasteiger charge is -2.27. The van der Waals surface area contributed by atoms with Crippen LogP contribution in [0.2, 0.25) is 0 Å². The van der Waals surface area contributed by atoms with Crippen LogP contribution < -0.4 is 5.32 Å². The lowest BCUT2D eigenvalue weighted by molar-refractivity contribution is 0.536. The first kappa shape index (κ1) is 9.72. The second-order valence-electron chi connectivity index (χ2n) is 4.50. The Labute approximate surface area is 86.5 Å². The first-order valence-corrected chi connectivity index (χ1v) is 5.55. The Bertz CT molecular complexity index is 314. The number of hydrogen-bond donors (Lipinski definition) is 1. The van der Waals surface area contributed by atoms with E-state index >= 15 is 0 Å². The average Bonchev–Trinajstić information content (AvgIpc) is 2.17. The van der Waals surface area contributed by atoms with Crippen LogP contribution in [0.5, 0.6) is 0 Å². The highest BCUT2D eigenvalue weighted by molar-refractivity contribution is 5.40. The minimum Gasteiger partial charge on any atom is -0.310 e. The van der Waals surface area contributed by atoms with Crippen molar-refractivity contribution in [2.45, 2.75) is 39.2 Å². The fourth-order valence-corrected chi connectivity index (χ4v) is 2.38. The predicted octanol–water partition coefficient (Wildman–Crippen LogP) is 3.02. The van der Waals surface area contributed by atoms with Crippen molar-refractivity contribution in [2.75, 3.05) is 6.54 Å². The van der Waals surface area contributed by atoms with Gasteiger partial charge >= 0.3 is 0 Å². The van der Waals surface area contributed by atoms with Gasteiger partial charge in [-0.25, -0.2) is 0 Å². The molecule has 1 heterocycles. The van der Waals surface area contributed by atoms with Crippen molar-refractivity contribution in [2.24, 2.45) is 0 Å². The van der Waals surface area contributed by atoms with Gasteiger partial charge in [-0.05, 0) is 42.5 Å². The van der Waals surface area contributed by atoms with Crippen molar-refractivity contribution in [3.05, 3.63) is 34.9 Å². The van der Waals surface area contributed by atoms with E-state index in [1.54, 1.807) is 5.56 Å². The first-order valence-electron chi connectivity index (χ1n) is 5.55. The quantitative estimate of drug-likeness (QED) is 0.716. The summed E-state index contributed by atoms with van der Waals surface area (Å²) in [5, 5.41) is 3.50. The van der Waals surface area contributed by atoms with Crippen molar-refractivity contribution in [1.29, 1.82) is 0 Å². The first-order chi connectivity index (χ1) is 6.70. The molecule has 14 heavy (non-hydrogen) atoms. The summed E-state index contributed by atoms with van der Waals surface area (Å²) in [6.45, 7) is 7.94. The zero-order chi connectivity index (χ0) is 10.1. The maximum absolute atomic E-state index is 3.50.